The van der Waals surface area contributed by atoms with Crippen LogP contribution in [0.3, 0.4) is 0 Å². The number of nitrogens with one attached hydrogen (secondary N) is 1. The molecule has 1 aromatic heterocycles. The molecule has 2 amide bonds. The van der Waals surface area contributed by atoms with Crippen LogP contribution in [0.4, 0.5) is 10.8 Å². The zero-order valence-corrected chi connectivity index (χ0v) is 16.0. The van der Waals surface area contributed by atoms with Crippen molar-refractivity contribution in [1.82, 2.24) is 10.2 Å². The molecule has 4 rings (SSSR count). The number of carbonyl (C=O) groups excluding carboxylic acids is 2. The largest absolute Gasteiger partial charge is 0.495 e. The first-order chi connectivity index (χ1) is 13.2. The Balaban J connectivity index is 1.42. The van der Waals surface area contributed by atoms with Gasteiger partial charge < -0.3 is 15.0 Å². The molecule has 0 radical (unpaired) electrons. The van der Waals surface area contributed by atoms with Crippen molar-refractivity contribution in [2.45, 2.75) is 38.0 Å². The van der Waals surface area contributed by atoms with Crippen LogP contribution < -0.4 is 15.0 Å². The van der Waals surface area contributed by atoms with Crippen LogP contribution in [0.15, 0.2) is 24.3 Å². The van der Waals surface area contributed by atoms with Gasteiger partial charge >= 0.3 is 0 Å². The van der Waals surface area contributed by atoms with Crippen molar-refractivity contribution in [3.05, 3.63) is 29.3 Å². The molecule has 7 nitrogen and oxygen atoms in total. The molecule has 2 heterocycles. The van der Waals surface area contributed by atoms with E-state index in [0.717, 1.165) is 17.8 Å². The number of hydrogen-bond acceptors (Lipinski definition) is 6. The summed E-state index contributed by atoms with van der Waals surface area (Å²) in [4.78, 5) is 26.7. The Morgan fingerprint density at radius 3 is 2.81 bits per heavy atom. The molecule has 1 saturated carbocycles. The second-order valence-corrected chi connectivity index (χ2v) is 8.00. The summed E-state index contributed by atoms with van der Waals surface area (Å²) in [6, 6.07) is 7.34. The molecule has 1 saturated heterocycles. The number of anilines is 2. The molecule has 2 aromatic rings. The molecular formula is C19H22N4O3S. The second-order valence-electron chi connectivity index (χ2n) is 6.99. The zero-order chi connectivity index (χ0) is 18.8. The highest BCUT2D eigenvalue weighted by Crippen LogP contribution is 2.37. The maximum atomic E-state index is 12.6. The number of para-hydroxylation sites is 2. The predicted molar refractivity (Wildman–Crippen MR) is 103 cm³/mol. The molecule has 1 aromatic carbocycles. The van der Waals surface area contributed by atoms with E-state index >= 15 is 0 Å². The highest BCUT2D eigenvalue weighted by Gasteiger charge is 2.36. The smallest absolute Gasteiger partial charge is 0.231 e. The van der Waals surface area contributed by atoms with E-state index in [1.165, 1.54) is 24.2 Å². The third kappa shape index (κ3) is 3.66. The SMILES string of the molecule is COc1ccccc1N1CC(C(=O)Nc2nnc(C3CCCC3)s2)CC1=O. The first-order valence-electron chi connectivity index (χ1n) is 9.23. The third-order valence-electron chi connectivity index (χ3n) is 5.25. The van der Waals surface area contributed by atoms with Crippen molar-refractivity contribution < 1.29 is 14.3 Å². The highest BCUT2D eigenvalue weighted by molar-refractivity contribution is 7.15. The molecule has 1 atom stereocenters. The van der Waals surface area contributed by atoms with Gasteiger partial charge in [-0.2, -0.15) is 0 Å². The van der Waals surface area contributed by atoms with Crippen LogP contribution in [0, 0.1) is 5.92 Å². The third-order valence-corrected chi connectivity index (χ3v) is 6.25. The molecule has 2 aliphatic rings. The maximum Gasteiger partial charge on any atom is 0.231 e. The molecule has 1 unspecified atom stereocenters. The number of amides is 2. The van der Waals surface area contributed by atoms with Gasteiger partial charge in [0.2, 0.25) is 16.9 Å². The fourth-order valence-corrected chi connectivity index (χ4v) is 4.71. The van der Waals surface area contributed by atoms with Gasteiger partial charge in [-0.3, -0.25) is 9.59 Å². The Hall–Kier alpha value is -2.48. The normalized spacial score (nSPS) is 20.3. The van der Waals surface area contributed by atoms with E-state index in [1.807, 2.05) is 24.3 Å². The van der Waals surface area contributed by atoms with Gasteiger partial charge in [0, 0.05) is 18.9 Å². The minimum atomic E-state index is -0.416. The van der Waals surface area contributed by atoms with E-state index in [9.17, 15) is 9.59 Å². The molecule has 2 fully saturated rings. The van der Waals surface area contributed by atoms with Crippen LogP contribution in [0.1, 0.15) is 43.0 Å². The molecule has 1 N–H and O–H groups in total. The summed E-state index contributed by atoms with van der Waals surface area (Å²) in [5.41, 5.74) is 0.694. The van der Waals surface area contributed by atoms with Gasteiger partial charge in [0.1, 0.15) is 10.8 Å². The summed E-state index contributed by atoms with van der Waals surface area (Å²) in [6.45, 7) is 0.333. The summed E-state index contributed by atoms with van der Waals surface area (Å²) >= 11 is 1.45. The van der Waals surface area contributed by atoms with Crippen LogP contribution in [0.25, 0.3) is 0 Å². The lowest BCUT2D eigenvalue weighted by Crippen LogP contribution is -2.28. The molecule has 0 bridgehead atoms. The van der Waals surface area contributed by atoms with Crippen LogP contribution >= 0.6 is 11.3 Å². The summed E-state index contributed by atoms with van der Waals surface area (Å²) in [5, 5.41) is 12.7. The fraction of sp³-hybridized carbons (Fsp3) is 0.474. The summed E-state index contributed by atoms with van der Waals surface area (Å²) in [7, 11) is 1.57. The lowest BCUT2D eigenvalue weighted by atomic mass is 10.1. The van der Waals surface area contributed by atoms with Crippen molar-refractivity contribution >= 4 is 34.0 Å². The van der Waals surface area contributed by atoms with Crippen molar-refractivity contribution in [3.8, 4) is 5.75 Å². The lowest BCUT2D eigenvalue weighted by molar-refractivity contribution is -0.122. The number of hydrogen-bond donors (Lipinski definition) is 1. The number of ether oxygens (including phenoxy) is 1. The first-order valence-corrected chi connectivity index (χ1v) is 10.0. The molecular weight excluding hydrogens is 364 g/mol. The van der Waals surface area contributed by atoms with Crippen molar-refractivity contribution in [1.29, 1.82) is 0 Å². The van der Waals surface area contributed by atoms with Crippen LogP contribution in [0.2, 0.25) is 0 Å². The summed E-state index contributed by atoms with van der Waals surface area (Å²) in [6.07, 6.45) is 4.93. The van der Waals surface area contributed by atoms with E-state index in [4.69, 9.17) is 4.74 Å². The standard InChI is InChI=1S/C19H22N4O3S/c1-26-15-9-5-4-8-14(15)23-11-13(10-16(23)24)17(25)20-19-22-21-18(27-19)12-6-2-3-7-12/h4-5,8-9,12-13H,2-3,6-7,10-11H2,1H3,(H,20,22,25). The van der Waals surface area contributed by atoms with Crippen molar-refractivity contribution in [3.63, 3.8) is 0 Å². The predicted octanol–water partition coefficient (Wildman–Crippen LogP) is 3.20. The number of nitrogens with zero attached hydrogens (tertiary/aromatic N) is 3. The molecule has 1 aliphatic carbocycles. The topological polar surface area (TPSA) is 84.4 Å². The van der Waals surface area contributed by atoms with Gasteiger partial charge in [0.15, 0.2) is 0 Å². The van der Waals surface area contributed by atoms with Crippen LogP contribution in [0.5, 0.6) is 5.75 Å². The van der Waals surface area contributed by atoms with Gasteiger partial charge in [-0.1, -0.05) is 36.3 Å². The monoisotopic (exact) mass is 386 g/mol. The second kappa shape index (κ2) is 7.64. The Morgan fingerprint density at radius 1 is 1.26 bits per heavy atom. The summed E-state index contributed by atoms with van der Waals surface area (Å²) < 4.78 is 5.34. The number of aromatic nitrogens is 2. The summed E-state index contributed by atoms with van der Waals surface area (Å²) in [5.74, 6) is 0.416. The quantitative estimate of drug-likeness (QED) is 0.853. The van der Waals surface area contributed by atoms with Gasteiger partial charge in [0.25, 0.3) is 0 Å². The van der Waals surface area contributed by atoms with Gasteiger partial charge in [-0.05, 0) is 25.0 Å². The number of benzene rings is 1. The molecule has 142 valence electrons. The van der Waals surface area contributed by atoms with E-state index in [1.54, 1.807) is 12.0 Å². The van der Waals surface area contributed by atoms with Gasteiger partial charge in [0.05, 0.1) is 18.7 Å². The van der Waals surface area contributed by atoms with Crippen molar-refractivity contribution in [2.75, 3.05) is 23.9 Å². The van der Waals surface area contributed by atoms with E-state index in [0.29, 0.717) is 29.0 Å². The average Bonchev–Trinajstić information content (AvgIpc) is 3.42. The Morgan fingerprint density at radius 2 is 2.04 bits per heavy atom. The maximum absolute atomic E-state index is 12.6. The first kappa shape index (κ1) is 17.9. The molecule has 1 aliphatic heterocycles. The van der Waals surface area contributed by atoms with E-state index in [2.05, 4.69) is 15.5 Å². The number of rotatable bonds is 5. The van der Waals surface area contributed by atoms with Gasteiger partial charge in [-0.25, -0.2) is 0 Å². The Bertz CT molecular complexity index is 847. The number of methoxy groups -OCH3 is 1. The van der Waals surface area contributed by atoms with Gasteiger partial charge in [-0.15, -0.1) is 10.2 Å². The van der Waals surface area contributed by atoms with E-state index < -0.39 is 5.92 Å². The Labute approximate surface area is 161 Å². The molecule has 8 heteroatoms. The lowest BCUT2D eigenvalue weighted by Gasteiger charge is -2.19. The molecule has 0 spiro atoms. The number of carbonyl (C=O) groups is 2. The zero-order valence-electron chi connectivity index (χ0n) is 15.2. The van der Waals surface area contributed by atoms with Crippen molar-refractivity contribution in [2.24, 2.45) is 5.92 Å². The van der Waals surface area contributed by atoms with Crippen LogP contribution in [-0.2, 0) is 9.59 Å². The molecule has 27 heavy (non-hydrogen) atoms. The minimum absolute atomic E-state index is 0.0800. The average molecular weight is 386 g/mol. The van der Waals surface area contributed by atoms with E-state index in [-0.39, 0.29) is 18.2 Å². The highest BCUT2D eigenvalue weighted by atomic mass is 32.1. The fourth-order valence-electron chi connectivity index (χ4n) is 3.80. The van der Waals surface area contributed by atoms with Crippen LogP contribution in [-0.4, -0.2) is 35.7 Å². The minimum Gasteiger partial charge on any atom is -0.495 e. The Kier molecular flexibility index (Phi) is 5.07.